The Hall–Kier alpha value is -0.670. The highest BCUT2D eigenvalue weighted by Crippen LogP contribution is 2.36. The highest BCUT2D eigenvalue weighted by atomic mass is 32.2. The van der Waals surface area contributed by atoms with Crippen LogP contribution in [0.1, 0.15) is 12.5 Å². The smallest absolute Gasteiger partial charge is 0.0510 e. The molecule has 2 nitrogen and oxygen atoms in total. The van der Waals surface area contributed by atoms with E-state index in [0.717, 1.165) is 13.1 Å². The Balaban J connectivity index is 2.36. The summed E-state index contributed by atoms with van der Waals surface area (Å²) < 4.78 is 0. The first kappa shape index (κ1) is 10.8. The number of rotatable bonds is 2. The number of nitrogens with two attached hydrogens (primary N) is 1. The van der Waals surface area contributed by atoms with Gasteiger partial charge in [0, 0.05) is 29.8 Å². The molecule has 3 heteroatoms. The maximum atomic E-state index is 5.75. The van der Waals surface area contributed by atoms with Gasteiger partial charge in [0.25, 0.3) is 0 Å². The molecule has 1 unspecified atom stereocenters. The maximum Gasteiger partial charge on any atom is 0.0510 e. The van der Waals surface area contributed by atoms with E-state index in [2.05, 4.69) is 36.9 Å². The average Bonchev–Trinajstić information content (AvgIpc) is 2.27. The van der Waals surface area contributed by atoms with Gasteiger partial charge in [-0.25, -0.2) is 0 Å². The van der Waals surface area contributed by atoms with Gasteiger partial charge < -0.3 is 10.6 Å². The molecule has 1 heterocycles. The summed E-state index contributed by atoms with van der Waals surface area (Å²) in [5.41, 5.74) is 8.44. The van der Waals surface area contributed by atoms with E-state index in [-0.39, 0.29) is 0 Å². The number of fused-ring (bicyclic) bond motifs is 1. The standard InChI is InChI=1S/C12H18N2S/c1-9-3-4-12-11(7-9)14(5-6-15-12)10(2)8-13/h3-4,7,10H,5-6,8,13H2,1-2H3. The Bertz CT molecular complexity index is 351. The van der Waals surface area contributed by atoms with Gasteiger partial charge in [-0.05, 0) is 31.5 Å². The lowest BCUT2D eigenvalue weighted by molar-refractivity contribution is 0.651. The summed E-state index contributed by atoms with van der Waals surface area (Å²) >= 11 is 1.95. The van der Waals surface area contributed by atoms with Crippen molar-refractivity contribution in [2.24, 2.45) is 5.73 Å². The first-order chi connectivity index (χ1) is 7.22. The Kier molecular flexibility index (Phi) is 3.22. The Morgan fingerprint density at radius 1 is 1.53 bits per heavy atom. The van der Waals surface area contributed by atoms with Crippen molar-refractivity contribution in [1.82, 2.24) is 0 Å². The molecule has 2 N–H and O–H groups in total. The van der Waals surface area contributed by atoms with E-state index in [1.807, 2.05) is 11.8 Å². The third-order valence-electron chi connectivity index (χ3n) is 2.89. The minimum Gasteiger partial charge on any atom is -0.366 e. The van der Waals surface area contributed by atoms with Gasteiger partial charge in [-0.1, -0.05) is 6.07 Å². The van der Waals surface area contributed by atoms with Crippen LogP contribution in [-0.4, -0.2) is 24.9 Å². The Labute approximate surface area is 95.8 Å². The SMILES string of the molecule is Cc1ccc2c(c1)N(C(C)CN)CCS2. The van der Waals surface area contributed by atoms with Gasteiger partial charge in [0.1, 0.15) is 0 Å². The topological polar surface area (TPSA) is 29.3 Å². The van der Waals surface area contributed by atoms with Crippen LogP contribution in [0.2, 0.25) is 0 Å². The molecule has 0 saturated heterocycles. The van der Waals surface area contributed by atoms with Gasteiger partial charge in [0.2, 0.25) is 0 Å². The van der Waals surface area contributed by atoms with E-state index in [4.69, 9.17) is 5.73 Å². The number of aryl methyl sites for hydroxylation is 1. The van der Waals surface area contributed by atoms with Crippen molar-refractivity contribution in [3.63, 3.8) is 0 Å². The van der Waals surface area contributed by atoms with E-state index in [9.17, 15) is 0 Å². The van der Waals surface area contributed by atoms with Crippen LogP contribution in [0.25, 0.3) is 0 Å². The number of hydrogen-bond acceptors (Lipinski definition) is 3. The number of nitrogens with zero attached hydrogens (tertiary/aromatic N) is 1. The summed E-state index contributed by atoms with van der Waals surface area (Å²) in [6.07, 6.45) is 0. The molecule has 15 heavy (non-hydrogen) atoms. The molecular weight excluding hydrogens is 204 g/mol. The summed E-state index contributed by atoms with van der Waals surface area (Å²) in [4.78, 5) is 3.82. The third-order valence-corrected chi connectivity index (χ3v) is 3.93. The summed E-state index contributed by atoms with van der Waals surface area (Å²) in [6, 6.07) is 7.12. The number of thioether (sulfide) groups is 1. The maximum absolute atomic E-state index is 5.75. The van der Waals surface area contributed by atoms with E-state index < -0.39 is 0 Å². The van der Waals surface area contributed by atoms with Crippen LogP contribution in [0.4, 0.5) is 5.69 Å². The van der Waals surface area contributed by atoms with Crippen molar-refractivity contribution in [2.75, 3.05) is 23.7 Å². The molecule has 2 rings (SSSR count). The van der Waals surface area contributed by atoms with Crippen LogP contribution < -0.4 is 10.6 Å². The molecule has 0 radical (unpaired) electrons. The largest absolute Gasteiger partial charge is 0.366 e. The molecule has 0 saturated carbocycles. The van der Waals surface area contributed by atoms with Gasteiger partial charge in [-0.15, -0.1) is 11.8 Å². The molecule has 1 aliphatic rings. The molecule has 1 aliphatic heterocycles. The zero-order valence-electron chi connectivity index (χ0n) is 9.36. The summed E-state index contributed by atoms with van der Waals surface area (Å²) in [5.74, 6) is 1.17. The lowest BCUT2D eigenvalue weighted by Gasteiger charge is -2.35. The van der Waals surface area contributed by atoms with Gasteiger partial charge in [-0.2, -0.15) is 0 Å². The number of anilines is 1. The second kappa shape index (κ2) is 4.45. The molecule has 0 aliphatic carbocycles. The van der Waals surface area contributed by atoms with Crippen LogP contribution in [0.3, 0.4) is 0 Å². The fraction of sp³-hybridized carbons (Fsp3) is 0.500. The summed E-state index contributed by atoms with van der Waals surface area (Å²) in [7, 11) is 0. The van der Waals surface area contributed by atoms with Crippen LogP contribution in [0.15, 0.2) is 23.1 Å². The number of hydrogen-bond donors (Lipinski definition) is 1. The fourth-order valence-corrected chi connectivity index (χ4v) is 2.93. The zero-order chi connectivity index (χ0) is 10.8. The monoisotopic (exact) mass is 222 g/mol. The van der Waals surface area contributed by atoms with Crippen LogP contribution in [-0.2, 0) is 0 Å². The molecular formula is C12H18N2S. The molecule has 0 aromatic heterocycles. The van der Waals surface area contributed by atoms with Gasteiger partial charge in [0.15, 0.2) is 0 Å². The van der Waals surface area contributed by atoms with E-state index in [1.165, 1.54) is 21.9 Å². The van der Waals surface area contributed by atoms with Gasteiger partial charge >= 0.3 is 0 Å². The lowest BCUT2D eigenvalue weighted by atomic mass is 10.1. The number of benzene rings is 1. The zero-order valence-corrected chi connectivity index (χ0v) is 10.2. The average molecular weight is 222 g/mol. The van der Waals surface area contributed by atoms with Crippen molar-refractivity contribution in [2.45, 2.75) is 24.8 Å². The van der Waals surface area contributed by atoms with E-state index in [1.54, 1.807) is 0 Å². The van der Waals surface area contributed by atoms with Crippen molar-refractivity contribution in [1.29, 1.82) is 0 Å². The van der Waals surface area contributed by atoms with Crippen LogP contribution >= 0.6 is 11.8 Å². The quantitative estimate of drug-likeness (QED) is 0.832. The highest BCUT2D eigenvalue weighted by Gasteiger charge is 2.20. The first-order valence-electron chi connectivity index (χ1n) is 5.42. The molecule has 1 aromatic carbocycles. The highest BCUT2D eigenvalue weighted by molar-refractivity contribution is 7.99. The van der Waals surface area contributed by atoms with Crippen LogP contribution in [0, 0.1) is 6.92 Å². The molecule has 0 amide bonds. The minimum atomic E-state index is 0.437. The normalized spacial score (nSPS) is 17.4. The second-order valence-electron chi connectivity index (χ2n) is 4.10. The summed E-state index contributed by atoms with van der Waals surface area (Å²) in [6.45, 7) is 6.17. The van der Waals surface area contributed by atoms with E-state index >= 15 is 0 Å². The van der Waals surface area contributed by atoms with Gasteiger partial charge in [0.05, 0.1) is 5.69 Å². The van der Waals surface area contributed by atoms with Crippen LogP contribution in [0.5, 0.6) is 0 Å². The predicted molar refractivity (Wildman–Crippen MR) is 67.8 cm³/mol. The molecule has 0 bridgehead atoms. The lowest BCUT2D eigenvalue weighted by Crippen LogP contribution is -2.41. The Morgan fingerprint density at radius 3 is 3.07 bits per heavy atom. The predicted octanol–water partition coefficient (Wildman–Crippen LogP) is 2.25. The van der Waals surface area contributed by atoms with Crippen molar-refractivity contribution in [3.05, 3.63) is 23.8 Å². The summed E-state index contributed by atoms with van der Waals surface area (Å²) in [5, 5.41) is 0. The molecule has 0 fully saturated rings. The first-order valence-corrected chi connectivity index (χ1v) is 6.41. The molecule has 1 atom stereocenters. The molecule has 1 aromatic rings. The van der Waals surface area contributed by atoms with Crippen molar-refractivity contribution in [3.8, 4) is 0 Å². The minimum absolute atomic E-state index is 0.437. The third kappa shape index (κ3) is 2.13. The van der Waals surface area contributed by atoms with Gasteiger partial charge in [-0.3, -0.25) is 0 Å². The molecule has 0 spiro atoms. The van der Waals surface area contributed by atoms with E-state index in [0.29, 0.717) is 6.04 Å². The molecule has 82 valence electrons. The second-order valence-corrected chi connectivity index (χ2v) is 5.23. The fourth-order valence-electron chi connectivity index (χ4n) is 1.93. The Morgan fingerprint density at radius 2 is 2.33 bits per heavy atom. The van der Waals surface area contributed by atoms with Crippen molar-refractivity contribution < 1.29 is 0 Å². The van der Waals surface area contributed by atoms with Crippen molar-refractivity contribution >= 4 is 17.4 Å².